The van der Waals surface area contributed by atoms with Crippen LogP contribution in [0.2, 0.25) is 0 Å². The molecule has 0 unspecified atom stereocenters. The maximum atomic E-state index is 12.9. The number of nitrogens with zero attached hydrogens (tertiary/aromatic N) is 2. The van der Waals surface area contributed by atoms with Crippen LogP contribution in [0.4, 0.5) is 4.39 Å². The third kappa shape index (κ3) is 5.85. The quantitative estimate of drug-likeness (QED) is 0.493. The average Bonchev–Trinajstić information content (AvgIpc) is 3.21. The molecule has 0 saturated carbocycles. The maximum Gasteiger partial charge on any atom is 0.219 e. The number of furan rings is 1. The minimum Gasteiger partial charge on any atom is -0.469 e. The number of aliphatic imine (C=N–C) groups is 1. The molecule has 2 aromatic heterocycles. The molecule has 0 saturated heterocycles. The molecule has 140 valence electrons. The maximum absolute atomic E-state index is 12.9. The lowest BCUT2D eigenvalue weighted by Crippen LogP contribution is -2.37. The summed E-state index contributed by atoms with van der Waals surface area (Å²) >= 11 is 0. The van der Waals surface area contributed by atoms with Crippen molar-refractivity contribution in [1.29, 1.82) is 0 Å². The standard InChI is InChI=1S/C20H21FN4O2/c1-22-20(23-11-10-17-3-2-12-26-17)25-14-15-4-9-19(24-13-15)27-18-7-5-16(21)6-8-18/h2-9,12-13H,10-11,14H2,1H3,(H2,22,23,25). The van der Waals surface area contributed by atoms with Gasteiger partial charge >= 0.3 is 0 Å². The van der Waals surface area contributed by atoms with Crippen LogP contribution in [0.5, 0.6) is 11.6 Å². The third-order valence-corrected chi connectivity index (χ3v) is 3.76. The number of aromatic nitrogens is 1. The van der Waals surface area contributed by atoms with E-state index < -0.39 is 0 Å². The Balaban J connectivity index is 1.45. The van der Waals surface area contributed by atoms with E-state index >= 15 is 0 Å². The number of hydrogen-bond donors (Lipinski definition) is 2. The molecule has 0 radical (unpaired) electrons. The second-order valence-corrected chi connectivity index (χ2v) is 5.74. The lowest BCUT2D eigenvalue weighted by Gasteiger charge is -2.11. The number of rotatable bonds is 7. The molecule has 0 aliphatic rings. The summed E-state index contributed by atoms with van der Waals surface area (Å²) in [5.41, 5.74) is 0.982. The zero-order chi connectivity index (χ0) is 18.9. The summed E-state index contributed by atoms with van der Waals surface area (Å²) in [4.78, 5) is 8.46. The van der Waals surface area contributed by atoms with E-state index in [4.69, 9.17) is 9.15 Å². The minimum atomic E-state index is -0.303. The van der Waals surface area contributed by atoms with Gasteiger partial charge in [0.25, 0.3) is 0 Å². The number of guanidine groups is 1. The summed E-state index contributed by atoms with van der Waals surface area (Å²) < 4.78 is 23.8. The summed E-state index contributed by atoms with van der Waals surface area (Å²) in [5.74, 6) is 2.32. The molecule has 0 atom stereocenters. The van der Waals surface area contributed by atoms with Crippen LogP contribution in [0.15, 0.2) is 70.4 Å². The minimum absolute atomic E-state index is 0.303. The zero-order valence-electron chi connectivity index (χ0n) is 15.0. The molecule has 0 fully saturated rings. The van der Waals surface area contributed by atoms with Gasteiger partial charge in [-0.05, 0) is 42.0 Å². The highest BCUT2D eigenvalue weighted by Gasteiger charge is 2.02. The number of ether oxygens (including phenoxy) is 1. The van der Waals surface area contributed by atoms with E-state index in [1.165, 1.54) is 12.1 Å². The van der Waals surface area contributed by atoms with Gasteiger partial charge < -0.3 is 19.8 Å². The van der Waals surface area contributed by atoms with Gasteiger partial charge in [-0.15, -0.1) is 0 Å². The Morgan fingerprint density at radius 1 is 1.15 bits per heavy atom. The largest absolute Gasteiger partial charge is 0.469 e. The molecular formula is C20H21FN4O2. The van der Waals surface area contributed by atoms with Crippen molar-refractivity contribution in [1.82, 2.24) is 15.6 Å². The van der Waals surface area contributed by atoms with Gasteiger partial charge in [0.2, 0.25) is 5.88 Å². The van der Waals surface area contributed by atoms with E-state index in [2.05, 4.69) is 20.6 Å². The van der Waals surface area contributed by atoms with Gasteiger partial charge in [0.1, 0.15) is 17.3 Å². The fourth-order valence-electron chi connectivity index (χ4n) is 2.36. The topological polar surface area (TPSA) is 71.7 Å². The van der Waals surface area contributed by atoms with Gasteiger partial charge in [-0.1, -0.05) is 6.07 Å². The molecule has 3 aromatic rings. The number of hydrogen-bond acceptors (Lipinski definition) is 4. The molecule has 0 aliphatic heterocycles. The highest BCUT2D eigenvalue weighted by molar-refractivity contribution is 5.79. The molecule has 0 aliphatic carbocycles. The fourth-order valence-corrected chi connectivity index (χ4v) is 2.36. The van der Waals surface area contributed by atoms with Gasteiger partial charge in [-0.2, -0.15) is 0 Å². The molecule has 2 N–H and O–H groups in total. The lowest BCUT2D eigenvalue weighted by molar-refractivity contribution is 0.461. The van der Waals surface area contributed by atoms with Crippen molar-refractivity contribution in [2.45, 2.75) is 13.0 Å². The van der Waals surface area contributed by atoms with Crippen LogP contribution in [0.25, 0.3) is 0 Å². The second kappa shape index (κ2) is 9.38. The molecule has 6 nitrogen and oxygen atoms in total. The van der Waals surface area contributed by atoms with E-state index in [0.717, 1.165) is 24.3 Å². The first-order chi connectivity index (χ1) is 13.2. The lowest BCUT2D eigenvalue weighted by atomic mass is 10.3. The van der Waals surface area contributed by atoms with Crippen molar-refractivity contribution in [2.75, 3.05) is 13.6 Å². The van der Waals surface area contributed by atoms with Gasteiger partial charge in [-0.3, -0.25) is 4.99 Å². The first-order valence-corrected chi connectivity index (χ1v) is 8.58. The SMILES string of the molecule is CN=C(NCCc1ccco1)NCc1ccc(Oc2ccc(F)cc2)nc1. The highest BCUT2D eigenvalue weighted by atomic mass is 19.1. The normalized spacial score (nSPS) is 11.3. The van der Waals surface area contributed by atoms with Crippen LogP contribution in [-0.2, 0) is 13.0 Å². The summed E-state index contributed by atoms with van der Waals surface area (Å²) in [5, 5.41) is 6.46. The Morgan fingerprint density at radius 2 is 2.00 bits per heavy atom. The van der Waals surface area contributed by atoms with E-state index in [0.29, 0.717) is 24.1 Å². The average molecular weight is 368 g/mol. The molecule has 3 rings (SSSR count). The molecule has 1 aromatic carbocycles. The van der Waals surface area contributed by atoms with Crippen molar-refractivity contribution in [2.24, 2.45) is 4.99 Å². The first-order valence-electron chi connectivity index (χ1n) is 8.58. The van der Waals surface area contributed by atoms with Crippen LogP contribution >= 0.6 is 0 Å². The fraction of sp³-hybridized carbons (Fsp3) is 0.200. The van der Waals surface area contributed by atoms with Gasteiger partial charge in [0.15, 0.2) is 5.96 Å². The summed E-state index contributed by atoms with van der Waals surface area (Å²) in [7, 11) is 1.72. The van der Waals surface area contributed by atoms with E-state index in [-0.39, 0.29) is 5.82 Å². The predicted molar refractivity (Wildman–Crippen MR) is 101 cm³/mol. The van der Waals surface area contributed by atoms with Crippen molar-refractivity contribution < 1.29 is 13.5 Å². The van der Waals surface area contributed by atoms with Gasteiger partial charge in [-0.25, -0.2) is 9.37 Å². The molecule has 2 heterocycles. The summed E-state index contributed by atoms with van der Waals surface area (Å²) in [6.07, 6.45) is 4.17. The number of halogens is 1. The Morgan fingerprint density at radius 3 is 2.67 bits per heavy atom. The highest BCUT2D eigenvalue weighted by Crippen LogP contribution is 2.19. The summed E-state index contributed by atoms with van der Waals surface area (Å²) in [6, 6.07) is 13.3. The molecule has 0 amide bonds. The predicted octanol–water partition coefficient (Wildman–Crippen LogP) is 3.51. The zero-order valence-corrected chi connectivity index (χ0v) is 15.0. The van der Waals surface area contributed by atoms with Crippen molar-refractivity contribution in [3.8, 4) is 11.6 Å². The molecule has 7 heteroatoms. The van der Waals surface area contributed by atoms with Crippen LogP contribution in [0, 0.1) is 5.82 Å². The number of nitrogens with one attached hydrogen (secondary N) is 2. The molecule has 0 bridgehead atoms. The van der Waals surface area contributed by atoms with Crippen molar-refractivity contribution >= 4 is 5.96 Å². The Labute approximate surface area is 157 Å². The van der Waals surface area contributed by atoms with Gasteiger partial charge in [0, 0.05) is 38.8 Å². The second-order valence-electron chi connectivity index (χ2n) is 5.74. The Kier molecular flexibility index (Phi) is 6.40. The Bertz CT molecular complexity index is 847. The molecule has 0 spiro atoms. The Hall–Kier alpha value is -3.35. The number of pyridine rings is 1. The van der Waals surface area contributed by atoms with Crippen LogP contribution in [0.3, 0.4) is 0 Å². The molecule has 27 heavy (non-hydrogen) atoms. The van der Waals surface area contributed by atoms with Crippen LogP contribution < -0.4 is 15.4 Å². The smallest absolute Gasteiger partial charge is 0.219 e. The van der Waals surface area contributed by atoms with Crippen LogP contribution in [0.1, 0.15) is 11.3 Å². The van der Waals surface area contributed by atoms with Crippen LogP contribution in [-0.4, -0.2) is 24.5 Å². The number of benzene rings is 1. The monoisotopic (exact) mass is 368 g/mol. The summed E-state index contributed by atoms with van der Waals surface area (Å²) in [6.45, 7) is 1.29. The molecular weight excluding hydrogens is 347 g/mol. The van der Waals surface area contributed by atoms with E-state index in [1.54, 1.807) is 37.7 Å². The first kappa shape index (κ1) is 18.4. The van der Waals surface area contributed by atoms with E-state index in [1.807, 2.05) is 18.2 Å². The van der Waals surface area contributed by atoms with Gasteiger partial charge in [0.05, 0.1) is 6.26 Å². The third-order valence-electron chi connectivity index (χ3n) is 3.76. The van der Waals surface area contributed by atoms with Crippen molar-refractivity contribution in [3.63, 3.8) is 0 Å². The van der Waals surface area contributed by atoms with E-state index in [9.17, 15) is 4.39 Å². The van der Waals surface area contributed by atoms with Crippen molar-refractivity contribution in [3.05, 3.63) is 78.1 Å².